The van der Waals surface area contributed by atoms with Crippen LogP contribution in [0.1, 0.15) is 5.56 Å². The lowest BCUT2D eigenvalue weighted by molar-refractivity contribution is -0.386. The van der Waals surface area contributed by atoms with Crippen LogP contribution in [0.4, 0.5) is 14.5 Å². The smallest absolute Gasteiger partial charge is 0.311 e. The van der Waals surface area contributed by atoms with Crippen molar-refractivity contribution < 1.29 is 18.4 Å². The number of hydrogen-bond acceptors (Lipinski definition) is 3. The molecule has 0 fully saturated rings. The van der Waals surface area contributed by atoms with Gasteiger partial charge in [0.25, 0.3) is 0 Å². The molecule has 0 aliphatic rings. The Morgan fingerprint density at radius 1 is 1.16 bits per heavy atom. The monoisotopic (exact) mass is 265 g/mol. The molecule has 19 heavy (non-hydrogen) atoms. The van der Waals surface area contributed by atoms with Gasteiger partial charge in [0, 0.05) is 17.7 Å². The van der Waals surface area contributed by atoms with E-state index in [2.05, 4.69) is 0 Å². The van der Waals surface area contributed by atoms with Crippen molar-refractivity contribution in [3.05, 3.63) is 69.8 Å². The second kappa shape index (κ2) is 5.43. The second-order valence-corrected chi connectivity index (χ2v) is 3.75. The summed E-state index contributed by atoms with van der Waals surface area (Å²) >= 11 is 0. The number of nitro groups is 1. The van der Waals surface area contributed by atoms with Gasteiger partial charge in [-0.2, -0.15) is 0 Å². The van der Waals surface area contributed by atoms with Gasteiger partial charge in [-0.25, -0.2) is 8.78 Å². The van der Waals surface area contributed by atoms with Crippen LogP contribution in [-0.4, -0.2) is 4.92 Å². The minimum absolute atomic E-state index is 0.211. The van der Waals surface area contributed by atoms with Crippen molar-refractivity contribution >= 4 is 5.69 Å². The summed E-state index contributed by atoms with van der Waals surface area (Å²) in [5.74, 6) is -1.37. The quantitative estimate of drug-likeness (QED) is 0.628. The van der Waals surface area contributed by atoms with Gasteiger partial charge in [-0.15, -0.1) is 0 Å². The SMILES string of the molecule is O=[N+]([O-])c1ccc(F)cc1OCc1ccccc1F. The summed E-state index contributed by atoms with van der Waals surface area (Å²) in [6.07, 6.45) is 0. The molecular formula is C13H9F2NO3. The van der Waals surface area contributed by atoms with E-state index >= 15 is 0 Å². The predicted octanol–water partition coefficient (Wildman–Crippen LogP) is 3.45. The molecule has 0 aliphatic heterocycles. The van der Waals surface area contributed by atoms with Crippen molar-refractivity contribution in [3.63, 3.8) is 0 Å². The van der Waals surface area contributed by atoms with Gasteiger partial charge in [0.05, 0.1) is 4.92 Å². The highest BCUT2D eigenvalue weighted by atomic mass is 19.1. The highest BCUT2D eigenvalue weighted by Gasteiger charge is 2.16. The zero-order chi connectivity index (χ0) is 13.8. The van der Waals surface area contributed by atoms with Gasteiger partial charge in [0.1, 0.15) is 18.2 Å². The van der Waals surface area contributed by atoms with Crippen LogP contribution in [0.5, 0.6) is 5.75 Å². The molecular weight excluding hydrogens is 256 g/mol. The van der Waals surface area contributed by atoms with E-state index in [-0.39, 0.29) is 23.6 Å². The molecule has 2 aromatic rings. The van der Waals surface area contributed by atoms with Gasteiger partial charge in [0.15, 0.2) is 5.75 Å². The zero-order valence-corrected chi connectivity index (χ0v) is 9.68. The number of ether oxygens (including phenoxy) is 1. The van der Waals surface area contributed by atoms with Crippen LogP contribution >= 0.6 is 0 Å². The Balaban J connectivity index is 2.22. The van der Waals surface area contributed by atoms with E-state index in [1.807, 2.05) is 0 Å². The standard InChI is InChI=1S/C13H9F2NO3/c14-10-5-6-12(16(17)18)13(7-10)19-8-9-3-1-2-4-11(9)15/h1-7H,8H2. The van der Waals surface area contributed by atoms with Crippen molar-refractivity contribution in [1.82, 2.24) is 0 Å². The summed E-state index contributed by atoms with van der Waals surface area (Å²) in [7, 11) is 0. The molecule has 0 spiro atoms. The number of halogens is 2. The van der Waals surface area contributed by atoms with E-state index in [9.17, 15) is 18.9 Å². The summed E-state index contributed by atoms with van der Waals surface area (Å²) in [5.41, 5.74) is -0.126. The van der Waals surface area contributed by atoms with Crippen LogP contribution in [0.25, 0.3) is 0 Å². The molecule has 2 aromatic carbocycles. The van der Waals surface area contributed by atoms with Crippen LogP contribution in [0.2, 0.25) is 0 Å². The highest BCUT2D eigenvalue weighted by molar-refractivity contribution is 5.46. The third-order valence-corrected chi connectivity index (χ3v) is 2.46. The molecule has 0 heterocycles. The molecule has 0 saturated carbocycles. The topological polar surface area (TPSA) is 52.4 Å². The fraction of sp³-hybridized carbons (Fsp3) is 0.0769. The molecule has 2 rings (SSSR count). The Labute approximate surface area is 107 Å². The Hall–Kier alpha value is -2.50. The molecule has 0 aliphatic carbocycles. The van der Waals surface area contributed by atoms with E-state index in [4.69, 9.17) is 4.74 Å². The maximum atomic E-state index is 13.3. The first kappa shape index (κ1) is 12.9. The molecule has 98 valence electrons. The van der Waals surface area contributed by atoms with Crippen LogP contribution in [0.3, 0.4) is 0 Å². The van der Waals surface area contributed by atoms with Gasteiger partial charge in [-0.05, 0) is 12.1 Å². The van der Waals surface area contributed by atoms with Gasteiger partial charge in [-0.1, -0.05) is 18.2 Å². The number of benzene rings is 2. The van der Waals surface area contributed by atoms with E-state index < -0.39 is 16.6 Å². The van der Waals surface area contributed by atoms with Crippen molar-refractivity contribution in [1.29, 1.82) is 0 Å². The summed E-state index contributed by atoms with van der Waals surface area (Å²) < 4.78 is 31.5. The molecule has 0 aromatic heterocycles. The lowest BCUT2D eigenvalue weighted by Crippen LogP contribution is -2.01. The van der Waals surface area contributed by atoms with Crippen LogP contribution in [-0.2, 0) is 6.61 Å². The maximum Gasteiger partial charge on any atom is 0.311 e. The van der Waals surface area contributed by atoms with E-state index in [0.717, 1.165) is 18.2 Å². The van der Waals surface area contributed by atoms with Gasteiger partial charge in [0.2, 0.25) is 0 Å². The average molecular weight is 265 g/mol. The molecule has 0 amide bonds. The first-order valence-electron chi connectivity index (χ1n) is 5.38. The predicted molar refractivity (Wildman–Crippen MR) is 63.8 cm³/mol. The third-order valence-electron chi connectivity index (χ3n) is 2.46. The third kappa shape index (κ3) is 3.04. The Bertz CT molecular complexity index is 617. The van der Waals surface area contributed by atoms with Crippen LogP contribution < -0.4 is 4.74 Å². The van der Waals surface area contributed by atoms with Crippen LogP contribution in [0, 0.1) is 21.7 Å². The molecule has 6 heteroatoms. The molecule has 4 nitrogen and oxygen atoms in total. The number of nitrogens with zero attached hydrogens (tertiary/aromatic N) is 1. The summed E-state index contributed by atoms with van der Waals surface area (Å²) in [6, 6.07) is 8.74. The molecule has 0 radical (unpaired) electrons. The average Bonchev–Trinajstić information content (AvgIpc) is 2.37. The van der Waals surface area contributed by atoms with Gasteiger partial charge in [-0.3, -0.25) is 10.1 Å². The van der Waals surface area contributed by atoms with Crippen molar-refractivity contribution in [2.24, 2.45) is 0 Å². The minimum atomic E-state index is -0.684. The molecule has 0 bridgehead atoms. The Morgan fingerprint density at radius 3 is 2.58 bits per heavy atom. The zero-order valence-electron chi connectivity index (χ0n) is 9.68. The normalized spacial score (nSPS) is 10.2. The first-order chi connectivity index (χ1) is 9.08. The fourth-order valence-corrected chi connectivity index (χ4v) is 1.53. The molecule has 0 unspecified atom stereocenters. The summed E-state index contributed by atoms with van der Waals surface area (Å²) in [6.45, 7) is -0.211. The second-order valence-electron chi connectivity index (χ2n) is 3.75. The maximum absolute atomic E-state index is 13.3. The van der Waals surface area contributed by atoms with E-state index in [1.54, 1.807) is 6.07 Å². The molecule has 0 saturated heterocycles. The van der Waals surface area contributed by atoms with E-state index in [0.29, 0.717) is 0 Å². The number of hydrogen-bond donors (Lipinski definition) is 0. The van der Waals surface area contributed by atoms with Gasteiger partial charge >= 0.3 is 5.69 Å². The first-order valence-corrected chi connectivity index (χ1v) is 5.38. The van der Waals surface area contributed by atoms with Crippen molar-refractivity contribution in [3.8, 4) is 5.75 Å². The van der Waals surface area contributed by atoms with Crippen molar-refractivity contribution in [2.45, 2.75) is 6.61 Å². The molecule has 0 atom stereocenters. The largest absolute Gasteiger partial charge is 0.482 e. The number of nitro benzene ring substituents is 1. The van der Waals surface area contributed by atoms with Crippen LogP contribution in [0.15, 0.2) is 42.5 Å². The Morgan fingerprint density at radius 2 is 1.89 bits per heavy atom. The lowest BCUT2D eigenvalue weighted by Gasteiger charge is -2.07. The summed E-state index contributed by atoms with van der Waals surface area (Å²) in [5, 5.41) is 10.7. The van der Waals surface area contributed by atoms with Crippen molar-refractivity contribution in [2.75, 3.05) is 0 Å². The van der Waals surface area contributed by atoms with E-state index in [1.165, 1.54) is 18.2 Å². The lowest BCUT2D eigenvalue weighted by atomic mass is 10.2. The highest BCUT2D eigenvalue weighted by Crippen LogP contribution is 2.28. The number of rotatable bonds is 4. The fourth-order valence-electron chi connectivity index (χ4n) is 1.53. The Kier molecular flexibility index (Phi) is 3.70. The summed E-state index contributed by atoms with van der Waals surface area (Å²) in [4.78, 5) is 10.1. The minimum Gasteiger partial charge on any atom is -0.482 e. The molecule has 0 N–H and O–H groups in total. The van der Waals surface area contributed by atoms with Gasteiger partial charge < -0.3 is 4.74 Å².